The molecule has 0 spiro atoms. The molecule has 5 heteroatoms. The molecule has 0 aromatic carbocycles. The van der Waals surface area contributed by atoms with Crippen LogP contribution in [0.2, 0.25) is 0 Å². The van der Waals surface area contributed by atoms with E-state index >= 15 is 0 Å². The minimum Gasteiger partial charge on any atom is -0.480 e. The fraction of sp³-hybridized carbons (Fsp3) is 0.909. The van der Waals surface area contributed by atoms with E-state index in [1.54, 1.807) is 0 Å². The molecule has 1 rings (SSSR count). The summed E-state index contributed by atoms with van der Waals surface area (Å²) in [5.41, 5.74) is -0.806. The largest absolute Gasteiger partial charge is 0.480 e. The number of rotatable bonds is 6. The Morgan fingerprint density at radius 3 is 2.62 bits per heavy atom. The zero-order chi connectivity index (χ0) is 12.0. The van der Waals surface area contributed by atoms with Crippen LogP contribution in [0.3, 0.4) is 0 Å². The smallest absolute Gasteiger partial charge is 0.320 e. The number of aliphatic carboxylic acids is 1. The summed E-state index contributed by atoms with van der Waals surface area (Å²) >= 11 is 0. The number of aliphatic hydroxyl groups is 1. The summed E-state index contributed by atoms with van der Waals surface area (Å²) in [6.45, 7) is 3.36. The van der Waals surface area contributed by atoms with Crippen LogP contribution in [0.5, 0.6) is 0 Å². The van der Waals surface area contributed by atoms with E-state index in [0.29, 0.717) is 39.0 Å². The molecule has 0 bridgehead atoms. The lowest BCUT2D eigenvalue weighted by atomic mass is 9.94. The second-order valence-corrected chi connectivity index (χ2v) is 4.40. The molecule has 0 aromatic heterocycles. The van der Waals surface area contributed by atoms with Crippen molar-refractivity contribution < 1.29 is 19.7 Å². The van der Waals surface area contributed by atoms with Crippen LogP contribution in [0.15, 0.2) is 0 Å². The SMILES string of the molecule is CCCC(NCC1(O)CCOCC1)C(=O)O. The molecule has 5 nitrogen and oxygen atoms in total. The first-order valence-electron chi connectivity index (χ1n) is 5.84. The van der Waals surface area contributed by atoms with E-state index in [1.165, 1.54) is 0 Å². The third-order valence-electron chi connectivity index (χ3n) is 2.98. The van der Waals surface area contributed by atoms with Gasteiger partial charge in [0, 0.05) is 32.6 Å². The van der Waals surface area contributed by atoms with Crippen LogP contribution < -0.4 is 5.32 Å². The van der Waals surface area contributed by atoms with Crippen molar-refractivity contribution in [3.05, 3.63) is 0 Å². The first-order valence-corrected chi connectivity index (χ1v) is 5.84. The van der Waals surface area contributed by atoms with Gasteiger partial charge in [-0.25, -0.2) is 0 Å². The van der Waals surface area contributed by atoms with Crippen LogP contribution in [-0.2, 0) is 9.53 Å². The maximum absolute atomic E-state index is 10.9. The summed E-state index contributed by atoms with van der Waals surface area (Å²) in [5.74, 6) is -0.850. The van der Waals surface area contributed by atoms with E-state index in [4.69, 9.17) is 9.84 Å². The average Bonchev–Trinajstić information content (AvgIpc) is 2.25. The Balaban J connectivity index is 2.37. The molecule has 3 N–H and O–H groups in total. The molecule has 1 saturated heterocycles. The molecular weight excluding hydrogens is 210 g/mol. The number of carboxylic acids is 1. The van der Waals surface area contributed by atoms with Crippen LogP contribution in [0.1, 0.15) is 32.6 Å². The Morgan fingerprint density at radius 2 is 2.12 bits per heavy atom. The van der Waals surface area contributed by atoms with Crippen molar-refractivity contribution in [3.8, 4) is 0 Å². The average molecular weight is 231 g/mol. The fourth-order valence-corrected chi connectivity index (χ4v) is 1.84. The van der Waals surface area contributed by atoms with E-state index in [9.17, 15) is 9.90 Å². The van der Waals surface area contributed by atoms with Gasteiger partial charge in [-0.3, -0.25) is 4.79 Å². The number of ether oxygens (including phenoxy) is 1. The van der Waals surface area contributed by atoms with Crippen LogP contribution in [0.25, 0.3) is 0 Å². The first kappa shape index (κ1) is 13.4. The lowest BCUT2D eigenvalue weighted by molar-refractivity contribution is -0.140. The number of hydrogen-bond acceptors (Lipinski definition) is 4. The molecule has 1 aliphatic heterocycles. The standard InChI is InChI=1S/C11H21NO4/c1-2-3-9(10(13)14)12-8-11(15)4-6-16-7-5-11/h9,12,15H,2-8H2,1H3,(H,13,14). The Labute approximate surface area is 95.8 Å². The lowest BCUT2D eigenvalue weighted by Gasteiger charge is -2.33. The minimum atomic E-state index is -0.850. The highest BCUT2D eigenvalue weighted by molar-refractivity contribution is 5.73. The minimum absolute atomic E-state index is 0.327. The normalized spacial score (nSPS) is 21.6. The van der Waals surface area contributed by atoms with Gasteiger partial charge in [0.05, 0.1) is 5.60 Å². The van der Waals surface area contributed by atoms with Crippen molar-refractivity contribution in [1.82, 2.24) is 5.32 Å². The molecule has 1 fully saturated rings. The van der Waals surface area contributed by atoms with Crippen LogP contribution in [0, 0.1) is 0 Å². The second kappa shape index (κ2) is 6.18. The van der Waals surface area contributed by atoms with Crippen molar-refractivity contribution in [2.45, 2.75) is 44.2 Å². The topological polar surface area (TPSA) is 78.8 Å². The van der Waals surface area contributed by atoms with Crippen LogP contribution in [-0.4, -0.2) is 47.6 Å². The van der Waals surface area contributed by atoms with Gasteiger partial charge in [0.25, 0.3) is 0 Å². The molecule has 16 heavy (non-hydrogen) atoms. The van der Waals surface area contributed by atoms with Gasteiger partial charge < -0.3 is 20.3 Å². The molecule has 1 aliphatic rings. The van der Waals surface area contributed by atoms with Gasteiger partial charge in [0.1, 0.15) is 6.04 Å². The third-order valence-corrected chi connectivity index (χ3v) is 2.98. The van der Waals surface area contributed by atoms with Crippen molar-refractivity contribution in [2.75, 3.05) is 19.8 Å². The Hall–Kier alpha value is -0.650. The van der Waals surface area contributed by atoms with Crippen molar-refractivity contribution in [1.29, 1.82) is 0 Å². The van der Waals surface area contributed by atoms with Gasteiger partial charge in [-0.05, 0) is 6.42 Å². The molecule has 1 heterocycles. The predicted octanol–water partition coefficient (Wildman–Crippen LogP) is 0.371. The highest BCUT2D eigenvalue weighted by Crippen LogP contribution is 2.19. The molecule has 0 radical (unpaired) electrons. The third kappa shape index (κ3) is 4.08. The Morgan fingerprint density at radius 1 is 1.50 bits per heavy atom. The molecule has 1 atom stereocenters. The van der Waals surface area contributed by atoms with Crippen molar-refractivity contribution in [3.63, 3.8) is 0 Å². The predicted molar refractivity (Wildman–Crippen MR) is 59.3 cm³/mol. The number of nitrogens with one attached hydrogen (secondary N) is 1. The van der Waals surface area contributed by atoms with E-state index in [2.05, 4.69) is 5.32 Å². The summed E-state index contributed by atoms with van der Waals surface area (Å²) in [4.78, 5) is 10.9. The Kier molecular flexibility index (Phi) is 5.18. The van der Waals surface area contributed by atoms with Gasteiger partial charge in [-0.2, -0.15) is 0 Å². The van der Waals surface area contributed by atoms with E-state index in [0.717, 1.165) is 6.42 Å². The molecule has 94 valence electrons. The Bertz CT molecular complexity index is 226. The highest BCUT2D eigenvalue weighted by atomic mass is 16.5. The lowest BCUT2D eigenvalue weighted by Crippen LogP contribution is -2.49. The maximum Gasteiger partial charge on any atom is 0.320 e. The van der Waals surface area contributed by atoms with Crippen molar-refractivity contribution >= 4 is 5.97 Å². The fourth-order valence-electron chi connectivity index (χ4n) is 1.84. The quantitative estimate of drug-likeness (QED) is 0.615. The highest BCUT2D eigenvalue weighted by Gasteiger charge is 2.31. The second-order valence-electron chi connectivity index (χ2n) is 4.40. The van der Waals surface area contributed by atoms with Crippen molar-refractivity contribution in [2.24, 2.45) is 0 Å². The zero-order valence-corrected chi connectivity index (χ0v) is 9.74. The molecule has 0 amide bonds. The number of carboxylic acid groups (broad SMARTS) is 1. The van der Waals surface area contributed by atoms with Gasteiger partial charge in [-0.15, -0.1) is 0 Å². The van der Waals surface area contributed by atoms with E-state index < -0.39 is 17.6 Å². The molecule has 0 saturated carbocycles. The summed E-state index contributed by atoms with van der Waals surface area (Å²) < 4.78 is 5.16. The summed E-state index contributed by atoms with van der Waals surface area (Å²) in [6.07, 6.45) is 2.53. The van der Waals surface area contributed by atoms with E-state index in [1.807, 2.05) is 6.92 Å². The van der Waals surface area contributed by atoms with E-state index in [-0.39, 0.29) is 0 Å². The van der Waals surface area contributed by atoms with Gasteiger partial charge >= 0.3 is 5.97 Å². The van der Waals surface area contributed by atoms with Gasteiger partial charge in [0.2, 0.25) is 0 Å². The van der Waals surface area contributed by atoms with Crippen LogP contribution in [0.4, 0.5) is 0 Å². The van der Waals surface area contributed by atoms with Gasteiger partial charge in [-0.1, -0.05) is 13.3 Å². The van der Waals surface area contributed by atoms with Crippen LogP contribution >= 0.6 is 0 Å². The molecular formula is C11H21NO4. The number of hydrogen-bond donors (Lipinski definition) is 3. The monoisotopic (exact) mass is 231 g/mol. The summed E-state index contributed by atoms with van der Waals surface area (Å²) in [5, 5.41) is 22.0. The summed E-state index contributed by atoms with van der Waals surface area (Å²) in [7, 11) is 0. The zero-order valence-electron chi connectivity index (χ0n) is 9.74. The summed E-state index contributed by atoms with van der Waals surface area (Å²) in [6, 6.07) is -0.558. The van der Waals surface area contributed by atoms with Gasteiger partial charge in [0.15, 0.2) is 0 Å². The maximum atomic E-state index is 10.9. The molecule has 0 aromatic rings. The molecule has 1 unspecified atom stereocenters. The number of carbonyl (C=O) groups is 1. The first-order chi connectivity index (χ1) is 7.57. The molecule has 0 aliphatic carbocycles.